The van der Waals surface area contributed by atoms with Crippen LogP contribution in [0, 0.1) is 9.49 Å². The van der Waals surface area contributed by atoms with Gasteiger partial charge in [-0.25, -0.2) is 0 Å². The fourth-order valence-electron chi connectivity index (χ4n) is 3.75. The molecule has 2 unspecified atom stereocenters. The van der Waals surface area contributed by atoms with E-state index < -0.39 is 0 Å². The van der Waals surface area contributed by atoms with E-state index in [1.165, 1.54) is 31.2 Å². The zero-order valence-corrected chi connectivity index (χ0v) is 15.4. The number of hydrogen-bond donors (Lipinski definition) is 1. The summed E-state index contributed by atoms with van der Waals surface area (Å²) in [6.45, 7) is 4.07. The minimum Gasteiger partial charge on any atom is -0.375 e. The van der Waals surface area contributed by atoms with Crippen molar-refractivity contribution < 1.29 is 4.74 Å². The molecule has 116 valence electrons. The molecule has 2 nitrogen and oxygen atoms in total. The summed E-state index contributed by atoms with van der Waals surface area (Å²) in [4.78, 5) is 0. The Kier molecular flexibility index (Phi) is 5.14. The largest absolute Gasteiger partial charge is 0.375 e. The second-order valence-electron chi connectivity index (χ2n) is 6.35. The quantitative estimate of drug-likeness (QED) is 0.698. The monoisotopic (exact) mass is 419 g/mol. The van der Waals surface area contributed by atoms with Crippen molar-refractivity contribution >= 4 is 34.2 Å². The molecule has 0 bridgehead atoms. The number of hydrogen-bond acceptors (Lipinski definition) is 2. The fourth-order valence-corrected chi connectivity index (χ4v) is 4.28. The maximum Gasteiger partial charge on any atom is 0.0686 e. The SMILES string of the molecule is CCNC(c1ccc(I)c(Cl)c1)C1CCOC2(CCC2)C1. The molecule has 1 heterocycles. The van der Waals surface area contributed by atoms with E-state index in [4.69, 9.17) is 16.3 Å². The molecule has 1 N–H and O–H groups in total. The van der Waals surface area contributed by atoms with Crippen molar-refractivity contribution in [2.45, 2.75) is 50.7 Å². The molecule has 2 fully saturated rings. The highest BCUT2D eigenvalue weighted by Gasteiger charge is 2.44. The van der Waals surface area contributed by atoms with Crippen molar-refractivity contribution in [3.63, 3.8) is 0 Å². The van der Waals surface area contributed by atoms with E-state index in [9.17, 15) is 0 Å². The summed E-state index contributed by atoms with van der Waals surface area (Å²) < 4.78 is 7.20. The van der Waals surface area contributed by atoms with Crippen LogP contribution in [0.5, 0.6) is 0 Å². The summed E-state index contributed by atoms with van der Waals surface area (Å²) in [5, 5.41) is 4.55. The zero-order chi connectivity index (χ0) is 14.9. The van der Waals surface area contributed by atoms with Gasteiger partial charge in [0.1, 0.15) is 0 Å². The van der Waals surface area contributed by atoms with Gasteiger partial charge >= 0.3 is 0 Å². The van der Waals surface area contributed by atoms with Crippen LogP contribution in [0.15, 0.2) is 18.2 Å². The Labute approximate surface area is 146 Å². The van der Waals surface area contributed by atoms with E-state index in [0.717, 1.165) is 28.2 Å². The average Bonchev–Trinajstić information content (AvgIpc) is 2.46. The highest BCUT2D eigenvalue weighted by molar-refractivity contribution is 14.1. The summed E-state index contributed by atoms with van der Waals surface area (Å²) in [6, 6.07) is 6.88. The Balaban J connectivity index is 1.81. The number of nitrogens with one attached hydrogen (secondary N) is 1. The normalized spacial score (nSPS) is 25.6. The van der Waals surface area contributed by atoms with Crippen molar-refractivity contribution in [3.05, 3.63) is 32.4 Å². The van der Waals surface area contributed by atoms with Crippen molar-refractivity contribution in [1.29, 1.82) is 0 Å². The van der Waals surface area contributed by atoms with E-state index in [-0.39, 0.29) is 5.60 Å². The first-order valence-corrected chi connectivity index (χ1v) is 9.41. The molecular formula is C17H23ClINO. The Morgan fingerprint density at radius 1 is 1.48 bits per heavy atom. The van der Waals surface area contributed by atoms with E-state index in [2.05, 4.69) is 53.0 Å². The molecule has 1 aromatic rings. The van der Waals surface area contributed by atoms with Crippen LogP contribution in [0.4, 0.5) is 0 Å². The van der Waals surface area contributed by atoms with Gasteiger partial charge in [0.15, 0.2) is 0 Å². The van der Waals surface area contributed by atoms with Crippen LogP contribution in [0.3, 0.4) is 0 Å². The van der Waals surface area contributed by atoms with Crippen molar-refractivity contribution in [2.24, 2.45) is 5.92 Å². The molecule has 21 heavy (non-hydrogen) atoms. The van der Waals surface area contributed by atoms with Gasteiger partial charge in [0, 0.05) is 16.2 Å². The molecule has 1 aromatic carbocycles. The maximum atomic E-state index is 6.33. The van der Waals surface area contributed by atoms with Gasteiger partial charge in [-0.3, -0.25) is 0 Å². The molecule has 2 atom stereocenters. The van der Waals surface area contributed by atoms with Crippen LogP contribution in [0.1, 0.15) is 50.6 Å². The second-order valence-corrected chi connectivity index (χ2v) is 7.92. The lowest BCUT2D eigenvalue weighted by molar-refractivity contribution is -0.147. The van der Waals surface area contributed by atoms with E-state index in [1.54, 1.807) is 0 Å². The predicted molar refractivity (Wildman–Crippen MR) is 95.8 cm³/mol. The lowest BCUT2D eigenvalue weighted by Crippen LogP contribution is -2.48. The minimum atomic E-state index is 0.198. The molecule has 1 spiro atoms. The van der Waals surface area contributed by atoms with Gasteiger partial charge in [-0.2, -0.15) is 0 Å². The molecule has 3 rings (SSSR count). The number of benzene rings is 1. The van der Waals surface area contributed by atoms with Gasteiger partial charge in [-0.05, 0) is 84.9 Å². The molecular weight excluding hydrogens is 397 g/mol. The molecule has 1 saturated heterocycles. The van der Waals surface area contributed by atoms with E-state index in [0.29, 0.717) is 12.0 Å². The Morgan fingerprint density at radius 3 is 2.90 bits per heavy atom. The maximum absolute atomic E-state index is 6.33. The summed E-state index contributed by atoms with van der Waals surface area (Å²) in [5.74, 6) is 0.648. The van der Waals surface area contributed by atoms with Crippen LogP contribution in [-0.4, -0.2) is 18.8 Å². The summed E-state index contributed by atoms with van der Waals surface area (Å²) >= 11 is 8.62. The highest BCUT2D eigenvalue weighted by atomic mass is 127. The topological polar surface area (TPSA) is 21.3 Å². The predicted octanol–water partition coefficient (Wildman–Crippen LogP) is 4.94. The summed E-state index contributed by atoms with van der Waals surface area (Å²) in [6.07, 6.45) is 6.15. The molecule has 0 amide bonds. The van der Waals surface area contributed by atoms with Crippen LogP contribution < -0.4 is 5.32 Å². The lowest BCUT2D eigenvalue weighted by Gasteiger charge is -2.49. The first-order valence-electron chi connectivity index (χ1n) is 7.96. The Bertz CT molecular complexity index is 504. The van der Waals surface area contributed by atoms with Gasteiger partial charge < -0.3 is 10.1 Å². The van der Waals surface area contributed by atoms with Gasteiger partial charge in [0.25, 0.3) is 0 Å². The molecule has 1 saturated carbocycles. The first kappa shape index (κ1) is 16.0. The average molecular weight is 420 g/mol. The Morgan fingerprint density at radius 2 is 2.29 bits per heavy atom. The van der Waals surface area contributed by atoms with Gasteiger partial charge in [-0.15, -0.1) is 0 Å². The number of rotatable bonds is 4. The van der Waals surface area contributed by atoms with Crippen molar-refractivity contribution in [1.82, 2.24) is 5.32 Å². The minimum absolute atomic E-state index is 0.198. The molecule has 1 aliphatic carbocycles. The lowest BCUT2D eigenvalue weighted by atomic mass is 9.69. The second kappa shape index (κ2) is 6.73. The van der Waals surface area contributed by atoms with Gasteiger partial charge in [-0.1, -0.05) is 24.6 Å². The molecule has 4 heteroatoms. The van der Waals surface area contributed by atoms with Gasteiger partial charge in [0.2, 0.25) is 0 Å². The molecule has 1 aliphatic heterocycles. The van der Waals surface area contributed by atoms with Gasteiger partial charge in [0.05, 0.1) is 10.6 Å². The zero-order valence-electron chi connectivity index (χ0n) is 12.5. The highest BCUT2D eigenvalue weighted by Crippen LogP contribution is 2.47. The first-order chi connectivity index (χ1) is 10.1. The summed E-state index contributed by atoms with van der Waals surface area (Å²) in [7, 11) is 0. The van der Waals surface area contributed by atoms with Crippen LogP contribution in [0.2, 0.25) is 5.02 Å². The van der Waals surface area contributed by atoms with Crippen molar-refractivity contribution in [2.75, 3.05) is 13.2 Å². The third-order valence-corrected chi connectivity index (χ3v) is 6.57. The third kappa shape index (κ3) is 3.41. The fraction of sp³-hybridized carbons (Fsp3) is 0.647. The van der Waals surface area contributed by atoms with Crippen LogP contribution in [-0.2, 0) is 4.74 Å². The molecule has 2 aliphatic rings. The Hall–Kier alpha value is 0.160. The van der Waals surface area contributed by atoms with Crippen LogP contribution in [0.25, 0.3) is 0 Å². The van der Waals surface area contributed by atoms with Crippen LogP contribution >= 0.6 is 34.2 Å². The van der Waals surface area contributed by atoms with E-state index >= 15 is 0 Å². The smallest absolute Gasteiger partial charge is 0.0686 e. The third-order valence-electron chi connectivity index (χ3n) is 4.99. The number of halogens is 2. The summed E-state index contributed by atoms with van der Waals surface area (Å²) in [5.41, 5.74) is 1.52. The molecule has 0 aromatic heterocycles. The van der Waals surface area contributed by atoms with Crippen molar-refractivity contribution in [3.8, 4) is 0 Å². The van der Waals surface area contributed by atoms with E-state index in [1.807, 2.05) is 0 Å². The molecule has 0 radical (unpaired) electrons. The standard InChI is InChI=1S/C17H23ClINO/c1-2-20-16(12-4-5-15(19)14(18)10-12)13-6-9-21-17(11-13)7-3-8-17/h4-5,10,13,16,20H,2-3,6-9,11H2,1H3. The number of ether oxygens (including phenoxy) is 1.